The molecule has 2 aromatic rings. The van der Waals surface area contributed by atoms with Gasteiger partial charge in [-0.3, -0.25) is 0 Å². The molecule has 5 nitrogen and oxygen atoms in total. The molecule has 0 saturated heterocycles. The van der Waals surface area contributed by atoms with Crippen LogP contribution in [0.3, 0.4) is 0 Å². The molecule has 0 aliphatic carbocycles. The van der Waals surface area contributed by atoms with Gasteiger partial charge in [-0.15, -0.1) is 5.10 Å². The molecule has 17 heavy (non-hydrogen) atoms. The van der Waals surface area contributed by atoms with Crippen molar-refractivity contribution in [2.75, 3.05) is 7.05 Å². The van der Waals surface area contributed by atoms with E-state index in [9.17, 15) is 0 Å². The van der Waals surface area contributed by atoms with Crippen molar-refractivity contribution < 1.29 is 0 Å². The fraction of sp³-hybridized carbons (Fsp3) is 0.364. The molecule has 0 aliphatic heterocycles. The highest BCUT2D eigenvalue weighted by Gasteiger charge is 2.13. The van der Waals surface area contributed by atoms with Gasteiger partial charge in [0.15, 0.2) is 5.82 Å². The number of nitrogens with zero attached hydrogens (tertiary/aromatic N) is 4. The predicted octanol–water partition coefficient (Wildman–Crippen LogP) is 1.76. The van der Waals surface area contributed by atoms with Crippen molar-refractivity contribution in [3.8, 4) is 0 Å². The minimum atomic E-state index is 0.132. The quantitative estimate of drug-likeness (QED) is 0.934. The molecule has 6 heteroatoms. The van der Waals surface area contributed by atoms with E-state index in [0.717, 1.165) is 15.9 Å². The highest BCUT2D eigenvalue weighted by Crippen LogP contribution is 2.18. The van der Waals surface area contributed by atoms with E-state index in [1.54, 1.807) is 4.68 Å². The number of hydrogen-bond acceptors (Lipinski definition) is 4. The summed E-state index contributed by atoms with van der Waals surface area (Å²) in [5.41, 5.74) is 1.16. The lowest BCUT2D eigenvalue weighted by Crippen LogP contribution is -2.19. The van der Waals surface area contributed by atoms with Crippen molar-refractivity contribution >= 4 is 15.9 Å². The highest BCUT2D eigenvalue weighted by atomic mass is 79.9. The van der Waals surface area contributed by atoms with Gasteiger partial charge in [0.1, 0.15) is 0 Å². The summed E-state index contributed by atoms with van der Waals surface area (Å²) in [5, 5.41) is 14.9. The Morgan fingerprint density at radius 1 is 1.41 bits per heavy atom. The number of benzene rings is 1. The van der Waals surface area contributed by atoms with Gasteiger partial charge in [-0.05, 0) is 36.0 Å². The first-order valence-corrected chi connectivity index (χ1v) is 6.18. The fourth-order valence-corrected chi connectivity index (χ4v) is 1.96. The number of hydrogen-bond donors (Lipinski definition) is 1. The van der Waals surface area contributed by atoms with Crippen LogP contribution in [-0.2, 0) is 6.54 Å². The van der Waals surface area contributed by atoms with Crippen LogP contribution >= 0.6 is 15.9 Å². The smallest absolute Gasteiger partial charge is 0.168 e. The lowest BCUT2D eigenvalue weighted by atomic mass is 10.2. The van der Waals surface area contributed by atoms with Crippen molar-refractivity contribution in [2.24, 2.45) is 0 Å². The molecule has 0 amide bonds. The number of aromatic nitrogens is 4. The molecule has 0 radical (unpaired) electrons. The Kier molecular flexibility index (Phi) is 3.86. The minimum Gasteiger partial charge on any atom is -0.311 e. The van der Waals surface area contributed by atoms with E-state index < -0.39 is 0 Å². The molecule has 1 aromatic carbocycles. The van der Waals surface area contributed by atoms with Crippen molar-refractivity contribution in [1.82, 2.24) is 25.5 Å². The molecule has 90 valence electrons. The molecule has 1 heterocycles. The van der Waals surface area contributed by atoms with Gasteiger partial charge in [-0.2, -0.15) is 0 Å². The summed E-state index contributed by atoms with van der Waals surface area (Å²) in [6.45, 7) is 2.69. The molecule has 0 aliphatic rings. The number of halogens is 1. The molecule has 2 rings (SSSR count). The summed E-state index contributed by atoms with van der Waals surface area (Å²) in [6.07, 6.45) is 0. The number of nitrogens with one attached hydrogen (secondary N) is 1. The molecule has 1 atom stereocenters. The third-order valence-corrected chi connectivity index (χ3v) is 3.43. The molecule has 1 aromatic heterocycles. The predicted molar refractivity (Wildman–Crippen MR) is 68.5 cm³/mol. The van der Waals surface area contributed by atoms with Crippen LogP contribution in [0.15, 0.2) is 28.7 Å². The Hall–Kier alpha value is -1.27. The minimum absolute atomic E-state index is 0.132. The Morgan fingerprint density at radius 2 is 2.18 bits per heavy atom. The molecule has 1 N–H and O–H groups in total. The van der Waals surface area contributed by atoms with E-state index in [1.807, 2.05) is 32.2 Å². The Labute approximate surface area is 108 Å². The van der Waals surface area contributed by atoms with Gasteiger partial charge in [-0.25, -0.2) is 4.68 Å². The highest BCUT2D eigenvalue weighted by molar-refractivity contribution is 9.10. The molecule has 0 saturated carbocycles. The van der Waals surface area contributed by atoms with E-state index >= 15 is 0 Å². The van der Waals surface area contributed by atoms with Gasteiger partial charge in [0, 0.05) is 4.47 Å². The first-order chi connectivity index (χ1) is 8.22. The standard InChI is InChI=1S/C11H14BrN5/c1-8(13-2)11-14-15-16-17(11)7-9-5-3-4-6-10(9)12/h3-6,8,13H,7H2,1-2H3. The van der Waals surface area contributed by atoms with E-state index in [4.69, 9.17) is 0 Å². The largest absolute Gasteiger partial charge is 0.311 e. The monoisotopic (exact) mass is 295 g/mol. The van der Waals surface area contributed by atoms with Gasteiger partial charge in [-0.1, -0.05) is 34.1 Å². The zero-order valence-corrected chi connectivity index (χ0v) is 11.3. The molecular formula is C11H14BrN5. The fourth-order valence-electron chi connectivity index (χ4n) is 1.55. The maximum atomic E-state index is 4.04. The maximum absolute atomic E-state index is 4.04. The zero-order chi connectivity index (χ0) is 12.3. The summed E-state index contributed by atoms with van der Waals surface area (Å²) in [4.78, 5) is 0. The topological polar surface area (TPSA) is 55.6 Å². The first-order valence-electron chi connectivity index (χ1n) is 5.39. The summed E-state index contributed by atoms with van der Waals surface area (Å²) < 4.78 is 2.87. The van der Waals surface area contributed by atoms with Gasteiger partial charge in [0.2, 0.25) is 0 Å². The van der Waals surface area contributed by atoms with Gasteiger partial charge in [0.25, 0.3) is 0 Å². The molecule has 0 fully saturated rings. The zero-order valence-electron chi connectivity index (χ0n) is 9.76. The van der Waals surface area contributed by atoms with Crippen LogP contribution in [-0.4, -0.2) is 27.3 Å². The van der Waals surface area contributed by atoms with Crippen LogP contribution < -0.4 is 5.32 Å². The Balaban J connectivity index is 2.25. The second-order valence-electron chi connectivity index (χ2n) is 3.80. The van der Waals surface area contributed by atoms with Crippen LogP contribution in [0.1, 0.15) is 24.4 Å². The second-order valence-corrected chi connectivity index (χ2v) is 4.65. The summed E-state index contributed by atoms with van der Waals surface area (Å²) >= 11 is 3.52. The average Bonchev–Trinajstić information content (AvgIpc) is 2.79. The van der Waals surface area contributed by atoms with Crippen LogP contribution in [0.25, 0.3) is 0 Å². The van der Waals surface area contributed by atoms with Crippen LogP contribution in [0.2, 0.25) is 0 Å². The second kappa shape index (κ2) is 5.37. The van der Waals surface area contributed by atoms with Gasteiger partial charge < -0.3 is 5.32 Å². The van der Waals surface area contributed by atoms with E-state index in [2.05, 4.69) is 42.8 Å². The van der Waals surface area contributed by atoms with E-state index in [-0.39, 0.29) is 6.04 Å². The SMILES string of the molecule is CNC(C)c1nnnn1Cc1ccccc1Br. The first kappa shape index (κ1) is 12.2. The average molecular weight is 296 g/mol. The molecular weight excluding hydrogens is 282 g/mol. The van der Waals surface area contributed by atoms with Crippen LogP contribution in [0.4, 0.5) is 0 Å². The molecule has 1 unspecified atom stereocenters. The van der Waals surface area contributed by atoms with Crippen LogP contribution in [0.5, 0.6) is 0 Å². The van der Waals surface area contributed by atoms with Gasteiger partial charge >= 0.3 is 0 Å². The summed E-state index contributed by atoms with van der Waals surface area (Å²) in [7, 11) is 1.89. The van der Waals surface area contributed by atoms with Gasteiger partial charge in [0.05, 0.1) is 12.6 Å². The van der Waals surface area contributed by atoms with Crippen molar-refractivity contribution in [2.45, 2.75) is 19.5 Å². The third-order valence-electron chi connectivity index (χ3n) is 2.66. The lowest BCUT2D eigenvalue weighted by Gasteiger charge is -2.11. The van der Waals surface area contributed by atoms with Crippen LogP contribution in [0, 0.1) is 0 Å². The summed E-state index contributed by atoms with van der Waals surface area (Å²) in [6, 6.07) is 8.20. The number of tetrazole rings is 1. The number of rotatable bonds is 4. The Morgan fingerprint density at radius 3 is 2.88 bits per heavy atom. The maximum Gasteiger partial charge on any atom is 0.168 e. The molecule has 0 spiro atoms. The Bertz CT molecular complexity index is 496. The normalized spacial score (nSPS) is 12.6. The van der Waals surface area contributed by atoms with E-state index in [1.165, 1.54) is 0 Å². The summed E-state index contributed by atoms with van der Waals surface area (Å²) in [5.74, 6) is 0.836. The van der Waals surface area contributed by atoms with Crippen molar-refractivity contribution in [3.63, 3.8) is 0 Å². The van der Waals surface area contributed by atoms with Crippen molar-refractivity contribution in [1.29, 1.82) is 0 Å². The lowest BCUT2D eigenvalue weighted by molar-refractivity contribution is 0.539. The van der Waals surface area contributed by atoms with E-state index in [0.29, 0.717) is 6.54 Å². The third kappa shape index (κ3) is 2.70. The molecule has 0 bridgehead atoms. The van der Waals surface area contributed by atoms with Crippen molar-refractivity contribution in [3.05, 3.63) is 40.1 Å².